The van der Waals surface area contributed by atoms with Gasteiger partial charge in [-0.05, 0) is 37.3 Å². The standard InChI is InChI=1S/C18H27NOS/c1-13(2)19-12-18(8-9-20-14(18)3)10-15-11-21-17-7-5-4-6-16(15)17/h4-7,13-15,19H,8-12H2,1-3H3. The zero-order valence-electron chi connectivity index (χ0n) is 13.4. The zero-order valence-corrected chi connectivity index (χ0v) is 14.2. The summed E-state index contributed by atoms with van der Waals surface area (Å²) in [6.07, 6.45) is 2.80. The monoisotopic (exact) mass is 305 g/mol. The number of rotatable bonds is 5. The minimum absolute atomic E-state index is 0.299. The fourth-order valence-electron chi connectivity index (χ4n) is 3.69. The first kappa shape index (κ1) is 15.4. The first-order chi connectivity index (χ1) is 10.1. The van der Waals surface area contributed by atoms with Gasteiger partial charge in [-0.25, -0.2) is 0 Å². The molecule has 0 aromatic heterocycles. The van der Waals surface area contributed by atoms with Crippen LogP contribution in [0.2, 0.25) is 0 Å². The van der Waals surface area contributed by atoms with Gasteiger partial charge in [-0.15, -0.1) is 11.8 Å². The lowest BCUT2D eigenvalue weighted by atomic mass is 9.73. The van der Waals surface area contributed by atoms with E-state index in [0.29, 0.717) is 23.5 Å². The molecular formula is C18H27NOS. The molecule has 0 radical (unpaired) electrons. The van der Waals surface area contributed by atoms with Crippen molar-refractivity contribution < 1.29 is 4.74 Å². The van der Waals surface area contributed by atoms with Crippen LogP contribution in [0.15, 0.2) is 29.2 Å². The molecule has 0 amide bonds. The molecule has 3 atom stereocenters. The van der Waals surface area contributed by atoms with Crippen LogP contribution in [-0.2, 0) is 4.74 Å². The van der Waals surface area contributed by atoms with Crippen LogP contribution in [0.3, 0.4) is 0 Å². The Hall–Kier alpha value is -0.510. The second-order valence-electron chi connectivity index (χ2n) is 6.91. The quantitative estimate of drug-likeness (QED) is 0.886. The molecule has 3 unspecified atom stereocenters. The highest BCUT2D eigenvalue weighted by Gasteiger charge is 2.44. The maximum absolute atomic E-state index is 5.95. The highest BCUT2D eigenvalue weighted by Crippen LogP contribution is 2.48. The molecule has 116 valence electrons. The molecule has 0 spiro atoms. The van der Waals surface area contributed by atoms with Crippen molar-refractivity contribution in [1.29, 1.82) is 0 Å². The van der Waals surface area contributed by atoms with Gasteiger partial charge in [-0.2, -0.15) is 0 Å². The van der Waals surface area contributed by atoms with Crippen LogP contribution >= 0.6 is 11.8 Å². The van der Waals surface area contributed by atoms with Gasteiger partial charge in [-0.1, -0.05) is 32.0 Å². The van der Waals surface area contributed by atoms with Crippen molar-refractivity contribution in [3.05, 3.63) is 29.8 Å². The molecule has 0 saturated carbocycles. The highest BCUT2D eigenvalue weighted by molar-refractivity contribution is 7.99. The Balaban J connectivity index is 1.77. The molecule has 0 aliphatic carbocycles. The third-order valence-electron chi connectivity index (χ3n) is 5.14. The van der Waals surface area contributed by atoms with Crippen molar-refractivity contribution in [3.63, 3.8) is 0 Å². The Labute approximate surface area is 133 Å². The molecule has 2 aliphatic rings. The van der Waals surface area contributed by atoms with Crippen LogP contribution in [0.5, 0.6) is 0 Å². The molecule has 1 N–H and O–H groups in total. The van der Waals surface area contributed by atoms with Gasteiger partial charge in [0, 0.05) is 35.3 Å². The summed E-state index contributed by atoms with van der Waals surface area (Å²) in [6.45, 7) is 8.73. The van der Waals surface area contributed by atoms with E-state index in [2.05, 4.69) is 50.4 Å². The van der Waals surface area contributed by atoms with Crippen molar-refractivity contribution >= 4 is 11.8 Å². The predicted octanol–water partition coefficient (Wildman–Crippen LogP) is 4.06. The fraction of sp³-hybridized carbons (Fsp3) is 0.667. The Bertz CT molecular complexity index is 490. The zero-order chi connectivity index (χ0) is 14.9. The van der Waals surface area contributed by atoms with Crippen LogP contribution in [0.4, 0.5) is 0 Å². The Morgan fingerprint density at radius 1 is 1.38 bits per heavy atom. The topological polar surface area (TPSA) is 21.3 Å². The second kappa shape index (κ2) is 6.31. The molecule has 1 fully saturated rings. The molecular weight excluding hydrogens is 278 g/mol. The Morgan fingerprint density at radius 3 is 2.90 bits per heavy atom. The van der Waals surface area contributed by atoms with Crippen molar-refractivity contribution in [1.82, 2.24) is 5.32 Å². The molecule has 1 aromatic carbocycles. The molecule has 2 nitrogen and oxygen atoms in total. The van der Waals surface area contributed by atoms with E-state index >= 15 is 0 Å². The van der Waals surface area contributed by atoms with Gasteiger partial charge >= 0.3 is 0 Å². The lowest BCUT2D eigenvalue weighted by molar-refractivity contribution is 0.0546. The molecule has 3 heteroatoms. The maximum Gasteiger partial charge on any atom is 0.0616 e. The molecule has 1 aromatic rings. The van der Waals surface area contributed by atoms with E-state index in [1.165, 1.54) is 23.5 Å². The Morgan fingerprint density at radius 2 is 2.19 bits per heavy atom. The van der Waals surface area contributed by atoms with E-state index in [1.807, 2.05) is 11.8 Å². The van der Waals surface area contributed by atoms with Gasteiger partial charge in [0.05, 0.1) is 6.10 Å². The maximum atomic E-state index is 5.95. The lowest BCUT2D eigenvalue weighted by Gasteiger charge is -2.36. The first-order valence-electron chi connectivity index (χ1n) is 8.17. The van der Waals surface area contributed by atoms with Crippen LogP contribution in [0.1, 0.15) is 45.1 Å². The number of benzene rings is 1. The highest BCUT2D eigenvalue weighted by atomic mass is 32.2. The summed E-state index contributed by atoms with van der Waals surface area (Å²) in [4.78, 5) is 1.49. The van der Waals surface area contributed by atoms with Crippen molar-refractivity contribution in [2.24, 2.45) is 5.41 Å². The summed E-state index contributed by atoms with van der Waals surface area (Å²) < 4.78 is 5.95. The predicted molar refractivity (Wildman–Crippen MR) is 90.1 cm³/mol. The van der Waals surface area contributed by atoms with Crippen molar-refractivity contribution in [2.45, 2.75) is 56.6 Å². The van der Waals surface area contributed by atoms with Crippen molar-refractivity contribution in [2.75, 3.05) is 18.9 Å². The van der Waals surface area contributed by atoms with Crippen molar-refractivity contribution in [3.8, 4) is 0 Å². The lowest BCUT2D eigenvalue weighted by Crippen LogP contribution is -2.43. The summed E-state index contributed by atoms with van der Waals surface area (Å²) in [5, 5.41) is 3.67. The third-order valence-corrected chi connectivity index (χ3v) is 6.40. The summed E-state index contributed by atoms with van der Waals surface area (Å²) >= 11 is 2.02. The normalized spacial score (nSPS) is 31.8. The summed E-state index contributed by atoms with van der Waals surface area (Å²) in [7, 11) is 0. The van der Waals surface area contributed by atoms with Gasteiger partial charge in [0.2, 0.25) is 0 Å². The van der Waals surface area contributed by atoms with Crippen LogP contribution < -0.4 is 5.32 Å². The fourth-order valence-corrected chi connectivity index (χ4v) is 4.94. The first-order valence-corrected chi connectivity index (χ1v) is 9.16. The minimum atomic E-state index is 0.299. The molecule has 0 bridgehead atoms. The summed E-state index contributed by atoms with van der Waals surface area (Å²) in [5.74, 6) is 1.92. The molecule has 21 heavy (non-hydrogen) atoms. The average molecular weight is 305 g/mol. The van der Waals surface area contributed by atoms with E-state index in [4.69, 9.17) is 4.74 Å². The smallest absolute Gasteiger partial charge is 0.0616 e. The average Bonchev–Trinajstić information content (AvgIpc) is 3.03. The van der Waals surface area contributed by atoms with Gasteiger partial charge in [-0.3, -0.25) is 0 Å². The van der Waals surface area contributed by atoms with Gasteiger partial charge in [0.15, 0.2) is 0 Å². The van der Waals surface area contributed by atoms with E-state index in [1.54, 1.807) is 5.56 Å². The number of hydrogen-bond acceptors (Lipinski definition) is 3. The number of nitrogens with one attached hydrogen (secondary N) is 1. The largest absolute Gasteiger partial charge is 0.378 e. The Kier molecular flexibility index (Phi) is 4.63. The molecule has 2 aliphatic heterocycles. The van der Waals surface area contributed by atoms with Crippen LogP contribution in [0, 0.1) is 5.41 Å². The number of thioether (sulfide) groups is 1. The molecule has 2 heterocycles. The number of hydrogen-bond donors (Lipinski definition) is 1. The second-order valence-corrected chi connectivity index (χ2v) is 7.97. The summed E-state index contributed by atoms with van der Waals surface area (Å²) in [5.41, 5.74) is 1.86. The third kappa shape index (κ3) is 3.15. The van der Waals surface area contributed by atoms with E-state index in [9.17, 15) is 0 Å². The van der Waals surface area contributed by atoms with E-state index in [-0.39, 0.29) is 0 Å². The number of fused-ring (bicyclic) bond motifs is 1. The SMILES string of the molecule is CC(C)NCC1(CC2CSc3ccccc32)CCOC1C. The molecule has 1 saturated heterocycles. The van der Waals surface area contributed by atoms with E-state index in [0.717, 1.165) is 13.2 Å². The summed E-state index contributed by atoms with van der Waals surface area (Å²) in [6, 6.07) is 9.48. The van der Waals surface area contributed by atoms with Crippen LogP contribution in [-0.4, -0.2) is 31.1 Å². The van der Waals surface area contributed by atoms with Gasteiger partial charge in [0.25, 0.3) is 0 Å². The van der Waals surface area contributed by atoms with Gasteiger partial charge < -0.3 is 10.1 Å². The van der Waals surface area contributed by atoms with Crippen LogP contribution in [0.25, 0.3) is 0 Å². The van der Waals surface area contributed by atoms with Gasteiger partial charge in [0.1, 0.15) is 0 Å². The number of ether oxygens (including phenoxy) is 1. The minimum Gasteiger partial charge on any atom is -0.378 e. The van der Waals surface area contributed by atoms with E-state index < -0.39 is 0 Å². The molecule has 3 rings (SSSR count).